The number of sulfone groups is 1. The highest BCUT2D eigenvalue weighted by Gasteiger charge is 2.46. The Bertz CT molecular complexity index is 1630. The Morgan fingerprint density at radius 1 is 0.940 bits per heavy atom. The molecule has 4 N–H and O–H groups in total. The normalized spacial score (nSPS) is 22.0. The molecule has 1 aromatic heterocycles. The second-order valence-corrected chi connectivity index (χ2v) is 19.3. The Morgan fingerprint density at radius 3 is 2.14 bits per heavy atom. The molecule has 1 aliphatic heterocycles. The summed E-state index contributed by atoms with van der Waals surface area (Å²) in [6, 6.07) is 9.42. The number of amides is 3. The quantitative estimate of drug-likeness (QED) is 0.227. The van der Waals surface area contributed by atoms with E-state index in [0.717, 1.165) is 48.8 Å². The highest BCUT2D eigenvalue weighted by Crippen LogP contribution is 2.39. The Balaban J connectivity index is 1.63. The number of rotatable bonds is 13. The molecule has 4 rings (SSSR count). The molecule has 276 valence electrons. The van der Waals surface area contributed by atoms with Gasteiger partial charge in [0.1, 0.15) is 6.04 Å². The van der Waals surface area contributed by atoms with Crippen molar-refractivity contribution in [1.82, 2.24) is 20.9 Å². The molecule has 1 aliphatic carbocycles. The molecule has 13 heteroatoms. The van der Waals surface area contributed by atoms with Crippen LogP contribution < -0.4 is 16.0 Å². The van der Waals surface area contributed by atoms with Crippen molar-refractivity contribution in [2.24, 2.45) is 11.8 Å². The fourth-order valence-corrected chi connectivity index (χ4v) is 8.43. The van der Waals surface area contributed by atoms with Gasteiger partial charge in [0.15, 0.2) is 15.6 Å². The first kappa shape index (κ1) is 39.7. The summed E-state index contributed by atoms with van der Waals surface area (Å²) >= 11 is 0.953. The first-order valence-electron chi connectivity index (χ1n) is 17.5. The summed E-state index contributed by atoms with van der Waals surface area (Å²) in [6.07, 6.45) is 5.21. The minimum atomic E-state index is -3.90. The number of Topliss-reactive ketones (excluding diaryl/α,β-unsaturated/α-hetero) is 1. The summed E-state index contributed by atoms with van der Waals surface area (Å²) < 4.78 is 24.3. The van der Waals surface area contributed by atoms with Crippen molar-refractivity contribution in [3.05, 3.63) is 57.8 Å². The molecule has 0 bridgehead atoms. The maximum atomic E-state index is 14.2. The third-order valence-corrected chi connectivity index (χ3v) is 13.5. The molecule has 1 saturated carbocycles. The first-order valence-corrected chi connectivity index (χ1v) is 20.2. The smallest absolute Gasteiger partial charge is 0.262 e. The predicted molar refractivity (Wildman–Crippen MR) is 196 cm³/mol. The van der Waals surface area contributed by atoms with Gasteiger partial charge in [0.2, 0.25) is 11.8 Å². The summed E-state index contributed by atoms with van der Waals surface area (Å²) in [5.41, 5.74) is 0.403. The molecule has 1 aromatic carbocycles. The Hall–Kier alpha value is -3.13. The van der Waals surface area contributed by atoms with E-state index < -0.39 is 56.2 Å². The van der Waals surface area contributed by atoms with Crippen molar-refractivity contribution in [1.29, 1.82) is 0 Å². The Labute approximate surface area is 300 Å². The van der Waals surface area contributed by atoms with E-state index in [1.807, 2.05) is 56.0 Å². The van der Waals surface area contributed by atoms with Crippen LogP contribution in [0, 0.1) is 11.8 Å². The van der Waals surface area contributed by atoms with Crippen LogP contribution in [0.1, 0.15) is 98.6 Å². The lowest BCUT2D eigenvalue weighted by atomic mass is 9.72. The highest BCUT2D eigenvalue weighted by atomic mass is 32.2. The van der Waals surface area contributed by atoms with E-state index in [0.29, 0.717) is 29.7 Å². The molecular formula is C37H54N4O7S2. The molecule has 2 heterocycles. The van der Waals surface area contributed by atoms with Crippen LogP contribution in [0.3, 0.4) is 0 Å². The maximum Gasteiger partial charge on any atom is 0.262 e. The Morgan fingerprint density at radius 2 is 1.56 bits per heavy atom. The minimum absolute atomic E-state index is 0.0865. The second kappa shape index (κ2) is 16.0. The summed E-state index contributed by atoms with van der Waals surface area (Å²) in [7, 11) is -3.90. The lowest BCUT2D eigenvalue weighted by Gasteiger charge is -2.47. The van der Waals surface area contributed by atoms with E-state index in [2.05, 4.69) is 16.0 Å². The fraction of sp³-hybridized carbons (Fsp3) is 0.622. The van der Waals surface area contributed by atoms with Crippen LogP contribution in [0.5, 0.6) is 0 Å². The molecule has 3 amide bonds. The Kier molecular flexibility index (Phi) is 12.7. The number of fused-ring (bicyclic) bond motifs is 1. The number of benzene rings is 1. The molecular weight excluding hydrogens is 677 g/mol. The van der Waals surface area contributed by atoms with E-state index in [1.165, 1.54) is 32.9 Å². The number of ketones is 1. The zero-order valence-electron chi connectivity index (χ0n) is 30.3. The number of carbonyl (C=O) groups is 4. The number of hydrogen-bond acceptors (Lipinski definition) is 9. The lowest BCUT2D eigenvalue weighted by Crippen LogP contribution is -2.64. The highest BCUT2D eigenvalue weighted by molar-refractivity contribution is 7.92. The zero-order chi connectivity index (χ0) is 37.0. The van der Waals surface area contributed by atoms with Crippen LogP contribution in [-0.2, 0) is 25.8 Å². The summed E-state index contributed by atoms with van der Waals surface area (Å²) in [5, 5.41) is 20.6. The topological polar surface area (TPSA) is 162 Å². The number of nitrogens with zero attached hydrogens (tertiary/aromatic N) is 1. The van der Waals surface area contributed by atoms with Crippen LogP contribution in [0.25, 0.3) is 0 Å². The molecule has 2 aliphatic rings. The molecule has 0 radical (unpaired) electrons. The summed E-state index contributed by atoms with van der Waals surface area (Å²) in [4.78, 5) is 55.6. The number of thiophene rings is 1. The van der Waals surface area contributed by atoms with Crippen LogP contribution in [-0.4, -0.2) is 95.8 Å². The molecule has 6 atom stereocenters. The van der Waals surface area contributed by atoms with E-state index in [9.17, 15) is 32.7 Å². The maximum absolute atomic E-state index is 14.2. The van der Waals surface area contributed by atoms with Crippen molar-refractivity contribution in [2.45, 2.75) is 115 Å². The van der Waals surface area contributed by atoms with Gasteiger partial charge < -0.3 is 21.1 Å². The lowest BCUT2D eigenvalue weighted by molar-refractivity contribution is -0.133. The van der Waals surface area contributed by atoms with Crippen molar-refractivity contribution in [2.75, 3.05) is 19.3 Å². The van der Waals surface area contributed by atoms with Crippen molar-refractivity contribution in [3.8, 4) is 0 Å². The molecule has 3 unspecified atom stereocenters. The molecule has 50 heavy (non-hydrogen) atoms. The average Bonchev–Trinajstić information content (AvgIpc) is 3.53. The third-order valence-electron chi connectivity index (χ3n) is 10.2. The van der Waals surface area contributed by atoms with Gasteiger partial charge in [0.05, 0.1) is 32.7 Å². The van der Waals surface area contributed by atoms with E-state index in [1.54, 1.807) is 0 Å². The average molecular weight is 731 g/mol. The van der Waals surface area contributed by atoms with E-state index >= 15 is 0 Å². The molecule has 0 spiro atoms. The van der Waals surface area contributed by atoms with Gasteiger partial charge in [-0.3, -0.25) is 24.1 Å². The number of likely N-dealkylation sites (tertiary alicyclic amines) is 1. The molecule has 1 saturated heterocycles. The number of β-amino-alcohol motifs (C(OH)–C–C–N with tert-alkyl or cyclic N) is 1. The number of aliphatic hydroxyl groups excluding tert-OH is 1. The second-order valence-electron chi connectivity index (χ2n) is 15.6. The minimum Gasteiger partial charge on any atom is -0.390 e. The van der Waals surface area contributed by atoms with Gasteiger partial charge >= 0.3 is 0 Å². The molecule has 11 nitrogen and oxygen atoms in total. The summed E-state index contributed by atoms with van der Waals surface area (Å²) in [5.74, 6) is -0.925. The number of hydrogen-bond donors (Lipinski definition) is 4. The van der Waals surface area contributed by atoms with Crippen LogP contribution in [0.2, 0.25) is 0 Å². The predicted octanol–water partition coefficient (Wildman–Crippen LogP) is 3.76. The van der Waals surface area contributed by atoms with Crippen LogP contribution in [0.15, 0.2) is 42.5 Å². The van der Waals surface area contributed by atoms with Gasteiger partial charge in [0, 0.05) is 24.9 Å². The van der Waals surface area contributed by atoms with Gasteiger partial charge in [0.25, 0.3) is 5.91 Å². The number of nitrogens with one attached hydrogen (secondary N) is 3. The largest absolute Gasteiger partial charge is 0.390 e. The van der Waals surface area contributed by atoms with Gasteiger partial charge in [-0.05, 0) is 90.3 Å². The standard InChI is InChI=1S/C37H54N4O7S2/c1-23(42)30-17-18-31(49-30)34(45)39-32(37(5,6)50(7,47)48)35(46)38-27(19-24-13-9-8-10-14-24)29(43)22-41-21-26-16-12-11-15-25(26)20-28(41)33(44)40-36(2,3)4/h8-10,13-14,17-18,25-29,32,43H,11-12,15-16,19-22H2,1-7H3,(H,38,46)(H,39,45)(H,40,44)/t25-,26+,27?,28?,29?,32+/m0/s1. The summed E-state index contributed by atoms with van der Waals surface area (Å²) in [6.45, 7) is 10.7. The fourth-order valence-electron chi connectivity index (χ4n) is 7.03. The van der Waals surface area contributed by atoms with Crippen molar-refractivity contribution in [3.63, 3.8) is 0 Å². The molecule has 2 fully saturated rings. The number of carbonyl (C=O) groups excluding carboxylic acids is 4. The number of piperidine rings is 1. The third kappa shape index (κ3) is 10.0. The van der Waals surface area contributed by atoms with Crippen molar-refractivity contribution >= 4 is 44.7 Å². The SMILES string of the molecule is CC(=O)c1ccc(C(=O)N[C@H](C(=O)NC(Cc2ccccc2)C(O)CN2C[C@H]3CCCC[C@H]3CC2C(=O)NC(C)(C)C)C(C)(C)S(C)(=O)=O)s1. The van der Waals surface area contributed by atoms with E-state index in [-0.39, 0.29) is 29.5 Å². The van der Waals surface area contributed by atoms with Crippen LogP contribution in [0.4, 0.5) is 0 Å². The van der Waals surface area contributed by atoms with Gasteiger partial charge in [-0.1, -0.05) is 49.6 Å². The monoisotopic (exact) mass is 730 g/mol. The van der Waals surface area contributed by atoms with Crippen molar-refractivity contribution < 1.29 is 32.7 Å². The van der Waals surface area contributed by atoms with Gasteiger partial charge in [-0.15, -0.1) is 11.3 Å². The van der Waals surface area contributed by atoms with Crippen LogP contribution >= 0.6 is 11.3 Å². The van der Waals surface area contributed by atoms with E-state index in [4.69, 9.17) is 0 Å². The first-order chi connectivity index (χ1) is 23.3. The zero-order valence-corrected chi connectivity index (χ0v) is 32.0. The van der Waals surface area contributed by atoms with Gasteiger partial charge in [-0.25, -0.2) is 8.42 Å². The van der Waals surface area contributed by atoms with Gasteiger partial charge in [-0.2, -0.15) is 0 Å². The molecule has 2 aromatic rings. The number of aliphatic hydroxyl groups is 1.